The van der Waals surface area contributed by atoms with Gasteiger partial charge in [-0.15, -0.1) is 0 Å². The van der Waals surface area contributed by atoms with Gasteiger partial charge in [0.1, 0.15) is 5.76 Å². The van der Waals surface area contributed by atoms with Gasteiger partial charge in [0, 0.05) is 0 Å². The molecule has 0 bridgehead atoms. The quantitative estimate of drug-likeness (QED) is 0.411. The van der Waals surface area contributed by atoms with Gasteiger partial charge >= 0.3 is 123 Å². The normalized spacial score (nSPS) is 11.2. The number of aryl methyl sites for hydroxylation is 2. The molecule has 2 heterocycles. The van der Waals surface area contributed by atoms with Crippen LogP contribution in [-0.2, 0) is 0 Å². The third-order valence-corrected chi connectivity index (χ3v) is 19.1. The van der Waals surface area contributed by atoms with Crippen molar-refractivity contribution in [3.8, 4) is 0 Å². The van der Waals surface area contributed by atoms with Gasteiger partial charge in [-0.3, -0.25) is 0 Å². The van der Waals surface area contributed by atoms with E-state index in [0.717, 1.165) is 11.5 Å². The van der Waals surface area contributed by atoms with E-state index in [0.29, 0.717) is 0 Å². The smallest absolute Gasteiger partial charge is 0.180 e. The minimum Gasteiger partial charge on any atom is -0.449 e. The van der Waals surface area contributed by atoms with E-state index >= 15 is 0 Å². The van der Waals surface area contributed by atoms with Crippen LogP contribution in [0.5, 0.6) is 0 Å². The van der Waals surface area contributed by atoms with E-state index in [1.165, 1.54) is 62.1 Å². The molecule has 0 fully saturated rings. The van der Waals surface area contributed by atoms with Crippen LogP contribution in [0, 0.1) is 13.8 Å². The number of rotatable bonds is 10. The molecule has 2 aromatic heterocycles. The van der Waals surface area contributed by atoms with E-state index in [-0.39, 0.29) is 0 Å². The first-order valence-corrected chi connectivity index (χ1v) is 17.3. The molecular formula is C20H36N2O2Sn. The van der Waals surface area contributed by atoms with E-state index in [1.807, 2.05) is 20.0 Å². The van der Waals surface area contributed by atoms with Crippen LogP contribution in [0.15, 0.2) is 27.6 Å². The summed E-state index contributed by atoms with van der Waals surface area (Å²) in [6, 6.07) is 0. The number of nitrogens with zero attached hydrogens (tertiary/aromatic N) is 2. The summed E-state index contributed by atoms with van der Waals surface area (Å²) < 4.78 is 16.3. The molecular weight excluding hydrogens is 419 g/mol. The average molecular weight is 455 g/mol. The second-order valence-corrected chi connectivity index (χ2v) is 19.8. The molecule has 0 aliphatic carbocycles. The Kier molecular flexibility index (Phi) is 11.2. The summed E-state index contributed by atoms with van der Waals surface area (Å²) in [6.45, 7) is 10.8. The van der Waals surface area contributed by atoms with E-state index in [1.54, 1.807) is 6.20 Å². The Bertz CT molecular complexity index is 530. The van der Waals surface area contributed by atoms with E-state index in [2.05, 4.69) is 30.7 Å². The molecule has 25 heavy (non-hydrogen) atoms. The molecule has 0 aromatic carbocycles. The average Bonchev–Trinajstić information content (AvgIpc) is 3.26. The van der Waals surface area contributed by atoms with Crippen molar-refractivity contribution >= 4 is 22.3 Å². The molecule has 0 radical (unpaired) electrons. The molecule has 5 heteroatoms. The molecule has 0 N–H and O–H groups in total. The summed E-state index contributed by atoms with van der Waals surface area (Å²) in [5.41, 5.74) is 0. The molecule has 0 aliphatic rings. The van der Waals surface area contributed by atoms with Gasteiger partial charge in [0.05, 0.1) is 6.20 Å². The van der Waals surface area contributed by atoms with Gasteiger partial charge in [-0.1, -0.05) is 0 Å². The van der Waals surface area contributed by atoms with Crippen LogP contribution in [0.2, 0.25) is 13.3 Å². The maximum Gasteiger partial charge on any atom is 0.180 e. The van der Waals surface area contributed by atoms with Crippen molar-refractivity contribution in [1.29, 1.82) is 0 Å². The standard InChI is InChI=1S/C4H5NO.C4H4NO.3C4H9.Sn/c2*1-4-2-5-3-6-4;3*1-3-4-2;/h2-3H,1H3;2H,1H3;3*1,3-4H2,2H3;. The van der Waals surface area contributed by atoms with Gasteiger partial charge in [-0.25, -0.2) is 4.98 Å². The second-order valence-electron chi connectivity index (χ2n) is 6.98. The van der Waals surface area contributed by atoms with Crippen molar-refractivity contribution in [2.75, 3.05) is 0 Å². The maximum atomic E-state index is 6.02. The van der Waals surface area contributed by atoms with E-state index in [9.17, 15) is 0 Å². The molecule has 2 rings (SSSR count). The van der Waals surface area contributed by atoms with Crippen molar-refractivity contribution in [3.05, 3.63) is 30.3 Å². The number of hydrogen-bond donors (Lipinski definition) is 0. The van der Waals surface area contributed by atoms with Crippen LogP contribution in [0.1, 0.15) is 70.8 Å². The Balaban J connectivity index is 0.000000435. The zero-order valence-electron chi connectivity index (χ0n) is 16.8. The summed E-state index contributed by atoms with van der Waals surface area (Å²) in [5.74, 6) is 1.86. The zero-order chi connectivity index (χ0) is 18.5. The van der Waals surface area contributed by atoms with Gasteiger partial charge in [0.25, 0.3) is 0 Å². The third-order valence-electron chi connectivity index (χ3n) is 4.66. The third kappa shape index (κ3) is 7.97. The van der Waals surface area contributed by atoms with E-state index < -0.39 is 18.4 Å². The van der Waals surface area contributed by atoms with Crippen LogP contribution in [0.4, 0.5) is 0 Å². The number of hydrogen-bond acceptors (Lipinski definition) is 4. The summed E-state index contributed by atoms with van der Waals surface area (Å²) in [7, 11) is 0. The largest absolute Gasteiger partial charge is 0.449 e. The summed E-state index contributed by atoms with van der Waals surface area (Å²) in [6.07, 6.45) is 13.0. The van der Waals surface area contributed by atoms with Crippen molar-refractivity contribution in [2.24, 2.45) is 0 Å². The molecule has 2 aromatic rings. The maximum absolute atomic E-state index is 6.02. The SMILES string of the molecule is CCC[CH2][Sn]([CH2]CCC)([CH2]CCC)[c]1ncc(C)o1.Cc1cnco1. The topological polar surface area (TPSA) is 52.1 Å². The van der Waals surface area contributed by atoms with Crippen molar-refractivity contribution < 1.29 is 8.83 Å². The number of oxazole rings is 2. The predicted molar refractivity (Wildman–Crippen MR) is 107 cm³/mol. The predicted octanol–water partition coefficient (Wildman–Crippen LogP) is 6.02. The number of aromatic nitrogens is 2. The van der Waals surface area contributed by atoms with E-state index in [4.69, 9.17) is 8.83 Å². The summed E-state index contributed by atoms with van der Waals surface area (Å²) >= 11 is -2.35. The Morgan fingerprint density at radius 3 is 1.68 bits per heavy atom. The second kappa shape index (κ2) is 12.6. The molecule has 0 amide bonds. The molecule has 0 atom stereocenters. The molecule has 0 saturated carbocycles. The molecule has 4 nitrogen and oxygen atoms in total. The fourth-order valence-electron chi connectivity index (χ4n) is 3.12. The fourth-order valence-corrected chi connectivity index (χ4v) is 18.0. The van der Waals surface area contributed by atoms with Gasteiger partial charge < -0.3 is 4.42 Å². The van der Waals surface area contributed by atoms with Crippen molar-refractivity contribution in [2.45, 2.75) is 86.5 Å². The zero-order valence-corrected chi connectivity index (χ0v) is 19.7. The van der Waals surface area contributed by atoms with Crippen molar-refractivity contribution in [1.82, 2.24) is 9.97 Å². The van der Waals surface area contributed by atoms with Crippen LogP contribution < -0.4 is 3.91 Å². The summed E-state index contributed by atoms with van der Waals surface area (Å²) in [4.78, 5) is 8.33. The first-order chi connectivity index (χ1) is 12.1. The minimum atomic E-state index is -2.35. The van der Waals surface area contributed by atoms with Gasteiger partial charge in [-0.2, -0.15) is 0 Å². The first-order valence-electron chi connectivity index (χ1n) is 9.86. The van der Waals surface area contributed by atoms with Crippen molar-refractivity contribution in [3.63, 3.8) is 0 Å². The molecule has 0 spiro atoms. The van der Waals surface area contributed by atoms with Crippen LogP contribution >= 0.6 is 0 Å². The Morgan fingerprint density at radius 1 is 0.840 bits per heavy atom. The van der Waals surface area contributed by atoms with Gasteiger partial charge in [0.15, 0.2) is 6.39 Å². The number of unbranched alkanes of at least 4 members (excludes halogenated alkanes) is 3. The van der Waals surface area contributed by atoms with Crippen LogP contribution in [-0.4, -0.2) is 28.3 Å². The molecule has 0 unspecified atom stereocenters. The monoisotopic (exact) mass is 456 g/mol. The van der Waals surface area contributed by atoms with Crippen LogP contribution in [0.3, 0.4) is 0 Å². The van der Waals surface area contributed by atoms with Crippen LogP contribution in [0.25, 0.3) is 0 Å². The van der Waals surface area contributed by atoms with Gasteiger partial charge in [0.2, 0.25) is 0 Å². The summed E-state index contributed by atoms with van der Waals surface area (Å²) in [5, 5.41) is 0. The Labute approximate surface area is 157 Å². The Morgan fingerprint density at radius 2 is 1.40 bits per heavy atom. The molecule has 142 valence electrons. The Hall–Kier alpha value is -0.781. The molecule has 0 saturated heterocycles. The minimum absolute atomic E-state index is 0.856. The first kappa shape index (κ1) is 22.3. The molecule has 0 aliphatic heterocycles. The fraction of sp³-hybridized carbons (Fsp3) is 0.700. The van der Waals surface area contributed by atoms with Gasteiger partial charge in [-0.05, 0) is 6.92 Å².